The maximum Gasteiger partial charge on any atom is 0.255 e. The highest BCUT2D eigenvalue weighted by atomic mass is 32.2. The first-order chi connectivity index (χ1) is 15.4. The van der Waals surface area contributed by atoms with Gasteiger partial charge in [0.05, 0.1) is 23.3 Å². The summed E-state index contributed by atoms with van der Waals surface area (Å²) in [7, 11) is -3.33. The fourth-order valence-corrected chi connectivity index (χ4v) is 5.64. The highest BCUT2D eigenvalue weighted by molar-refractivity contribution is 7.92. The van der Waals surface area contributed by atoms with Gasteiger partial charge in [-0.1, -0.05) is 30.3 Å². The molecule has 7 heteroatoms. The van der Waals surface area contributed by atoms with Gasteiger partial charge in [-0.15, -0.1) is 0 Å². The summed E-state index contributed by atoms with van der Waals surface area (Å²) < 4.78 is 25.6. The van der Waals surface area contributed by atoms with Gasteiger partial charge in [-0.2, -0.15) is 0 Å². The summed E-state index contributed by atoms with van der Waals surface area (Å²) in [6.07, 6.45) is 3.68. The number of anilines is 4. The summed E-state index contributed by atoms with van der Waals surface area (Å²) >= 11 is 0. The highest BCUT2D eigenvalue weighted by Gasteiger charge is 2.26. The molecule has 0 aliphatic carbocycles. The second-order valence-corrected chi connectivity index (χ2v) is 10.2. The molecular formula is C25H25N3O3S. The molecule has 164 valence electrons. The van der Waals surface area contributed by atoms with Crippen LogP contribution in [-0.4, -0.2) is 33.7 Å². The van der Waals surface area contributed by atoms with E-state index in [1.54, 1.807) is 12.1 Å². The van der Waals surface area contributed by atoms with E-state index in [1.807, 2.05) is 36.4 Å². The molecule has 1 amide bonds. The van der Waals surface area contributed by atoms with Crippen LogP contribution in [0.15, 0.2) is 66.7 Å². The number of amides is 1. The normalized spacial score (nSPS) is 15.3. The van der Waals surface area contributed by atoms with Gasteiger partial charge in [0.25, 0.3) is 5.91 Å². The minimum Gasteiger partial charge on any atom is -0.339 e. The number of benzene rings is 3. The molecule has 0 radical (unpaired) electrons. The third-order valence-corrected chi connectivity index (χ3v) is 7.33. The van der Waals surface area contributed by atoms with Crippen molar-refractivity contribution in [1.82, 2.24) is 0 Å². The number of sulfonamides is 1. The van der Waals surface area contributed by atoms with Crippen molar-refractivity contribution in [3.8, 4) is 0 Å². The molecule has 0 unspecified atom stereocenters. The molecule has 2 aliphatic rings. The largest absolute Gasteiger partial charge is 0.339 e. The molecule has 0 atom stereocenters. The summed E-state index contributed by atoms with van der Waals surface area (Å²) in [5.74, 6) is -0.204. The van der Waals surface area contributed by atoms with Crippen LogP contribution >= 0.6 is 0 Å². The molecule has 32 heavy (non-hydrogen) atoms. The number of nitrogens with one attached hydrogen (secondary N) is 1. The third kappa shape index (κ3) is 3.73. The van der Waals surface area contributed by atoms with Gasteiger partial charge in [-0.05, 0) is 66.8 Å². The van der Waals surface area contributed by atoms with Crippen molar-refractivity contribution in [2.24, 2.45) is 0 Å². The van der Waals surface area contributed by atoms with E-state index in [9.17, 15) is 13.2 Å². The Hall–Kier alpha value is -3.32. The van der Waals surface area contributed by atoms with Crippen molar-refractivity contribution in [2.75, 3.05) is 33.9 Å². The second kappa shape index (κ2) is 7.98. The zero-order valence-electron chi connectivity index (χ0n) is 17.9. The molecule has 3 aromatic rings. The lowest BCUT2D eigenvalue weighted by molar-refractivity contribution is 0.102. The molecule has 0 fully saturated rings. The van der Waals surface area contributed by atoms with E-state index in [0.717, 1.165) is 42.7 Å². The summed E-state index contributed by atoms with van der Waals surface area (Å²) in [4.78, 5) is 15.4. The number of para-hydroxylation sites is 3. The molecule has 5 rings (SSSR count). The SMILES string of the molecule is CS(=O)(=O)N1CCCc2cc(C(=O)Nc3ccccc3N3CCc4ccccc43)ccc21. The Labute approximate surface area is 188 Å². The molecular weight excluding hydrogens is 422 g/mol. The fraction of sp³-hybridized carbons (Fsp3) is 0.240. The molecule has 0 spiro atoms. The number of carbonyl (C=O) groups excluding carboxylic acids is 1. The Morgan fingerprint density at radius 3 is 2.41 bits per heavy atom. The van der Waals surface area contributed by atoms with Gasteiger partial charge in [-0.3, -0.25) is 9.10 Å². The smallest absolute Gasteiger partial charge is 0.255 e. The summed E-state index contributed by atoms with van der Waals surface area (Å²) in [6, 6.07) is 21.4. The Balaban J connectivity index is 1.43. The van der Waals surface area contributed by atoms with E-state index in [4.69, 9.17) is 0 Å². The molecule has 0 bridgehead atoms. The molecule has 1 N–H and O–H groups in total. The summed E-state index contributed by atoms with van der Waals surface area (Å²) in [5.41, 5.74) is 6.27. The van der Waals surface area contributed by atoms with Crippen molar-refractivity contribution < 1.29 is 13.2 Å². The molecule has 6 nitrogen and oxygen atoms in total. The fourth-order valence-electron chi connectivity index (χ4n) is 4.65. The Morgan fingerprint density at radius 1 is 0.844 bits per heavy atom. The van der Waals surface area contributed by atoms with Crippen LogP contribution in [0.4, 0.5) is 22.7 Å². The van der Waals surface area contributed by atoms with Crippen LogP contribution in [0, 0.1) is 0 Å². The summed E-state index contributed by atoms with van der Waals surface area (Å²) in [6.45, 7) is 1.34. The van der Waals surface area contributed by atoms with Gasteiger partial charge in [0.2, 0.25) is 10.0 Å². The van der Waals surface area contributed by atoms with Crippen LogP contribution in [0.5, 0.6) is 0 Å². The maximum atomic E-state index is 13.1. The monoisotopic (exact) mass is 447 g/mol. The molecule has 0 aromatic heterocycles. The van der Waals surface area contributed by atoms with Crippen LogP contribution < -0.4 is 14.5 Å². The molecule has 0 saturated carbocycles. The number of fused-ring (bicyclic) bond motifs is 2. The highest BCUT2D eigenvalue weighted by Crippen LogP contribution is 2.38. The third-order valence-electron chi connectivity index (χ3n) is 6.15. The topological polar surface area (TPSA) is 69.7 Å². The number of carbonyl (C=O) groups is 1. The van der Waals surface area contributed by atoms with Gasteiger partial charge in [0, 0.05) is 24.3 Å². The van der Waals surface area contributed by atoms with Crippen LogP contribution in [0.1, 0.15) is 27.9 Å². The van der Waals surface area contributed by atoms with Crippen molar-refractivity contribution >= 4 is 38.7 Å². The Kier molecular flexibility index (Phi) is 5.13. The van der Waals surface area contributed by atoms with Crippen molar-refractivity contribution in [1.29, 1.82) is 0 Å². The van der Waals surface area contributed by atoms with Crippen molar-refractivity contribution in [3.63, 3.8) is 0 Å². The van der Waals surface area contributed by atoms with E-state index >= 15 is 0 Å². The molecule has 0 saturated heterocycles. The van der Waals surface area contributed by atoms with Gasteiger partial charge in [0.1, 0.15) is 0 Å². The zero-order valence-corrected chi connectivity index (χ0v) is 18.7. The van der Waals surface area contributed by atoms with E-state index in [2.05, 4.69) is 28.4 Å². The minimum atomic E-state index is -3.33. The maximum absolute atomic E-state index is 13.1. The van der Waals surface area contributed by atoms with Gasteiger partial charge in [-0.25, -0.2) is 8.42 Å². The number of nitrogens with zero attached hydrogens (tertiary/aromatic N) is 2. The lowest BCUT2D eigenvalue weighted by Crippen LogP contribution is -2.34. The first kappa shape index (κ1) is 20.6. The van der Waals surface area contributed by atoms with Crippen LogP contribution in [0.3, 0.4) is 0 Å². The van der Waals surface area contributed by atoms with Crippen molar-refractivity contribution in [3.05, 3.63) is 83.4 Å². The van der Waals surface area contributed by atoms with E-state index < -0.39 is 10.0 Å². The predicted molar refractivity (Wildman–Crippen MR) is 128 cm³/mol. The standard InChI is InChI=1S/C25H25N3O3S/c1-32(30,31)28-15-6-8-19-17-20(12-13-23(19)28)25(29)26-21-9-3-5-11-24(21)27-16-14-18-7-2-4-10-22(18)27/h2-5,7,9-13,17H,6,8,14-16H2,1H3,(H,26,29). The number of aryl methyl sites for hydroxylation is 1. The number of hydrogen-bond donors (Lipinski definition) is 1. The molecule has 2 aliphatic heterocycles. The lowest BCUT2D eigenvalue weighted by atomic mass is 10.0. The van der Waals surface area contributed by atoms with Crippen LogP contribution in [0.2, 0.25) is 0 Å². The average Bonchev–Trinajstić information content (AvgIpc) is 3.22. The van der Waals surface area contributed by atoms with E-state index in [1.165, 1.54) is 21.8 Å². The van der Waals surface area contributed by atoms with E-state index in [-0.39, 0.29) is 5.91 Å². The molecule has 3 aromatic carbocycles. The van der Waals surface area contributed by atoms with Gasteiger partial charge < -0.3 is 10.2 Å². The lowest BCUT2D eigenvalue weighted by Gasteiger charge is -2.29. The Bertz CT molecular complexity index is 1300. The van der Waals surface area contributed by atoms with Gasteiger partial charge >= 0.3 is 0 Å². The van der Waals surface area contributed by atoms with Crippen LogP contribution in [0.25, 0.3) is 0 Å². The van der Waals surface area contributed by atoms with Gasteiger partial charge in [0.15, 0.2) is 0 Å². The van der Waals surface area contributed by atoms with Crippen molar-refractivity contribution in [2.45, 2.75) is 19.3 Å². The first-order valence-electron chi connectivity index (χ1n) is 10.8. The zero-order chi connectivity index (χ0) is 22.3. The number of rotatable bonds is 4. The van der Waals surface area contributed by atoms with E-state index in [0.29, 0.717) is 17.8 Å². The molecule has 2 heterocycles. The summed E-state index contributed by atoms with van der Waals surface area (Å²) in [5, 5.41) is 3.07. The first-order valence-corrected chi connectivity index (χ1v) is 12.6. The average molecular weight is 448 g/mol. The predicted octanol–water partition coefficient (Wildman–Crippen LogP) is 4.35. The van der Waals surface area contributed by atoms with Crippen LogP contribution in [-0.2, 0) is 22.9 Å². The minimum absolute atomic E-state index is 0.204. The second-order valence-electron chi connectivity index (χ2n) is 8.28. The quantitative estimate of drug-likeness (QED) is 0.646. The Morgan fingerprint density at radius 2 is 1.59 bits per heavy atom. The number of hydrogen-bond acceptors (Lipinski definition) is 4.